The smallest absolute Gasteiger partial charge is 0.326 e. The van der Waals surface area contributed by atoms with Gasteiger partial charge in [-0.25, -0.2) is 4.79 Å². The van der Waals surface area contributed by atoms with Crippen molar-refractivity contribution in [3.8, 4) is 0 Å². The molecule has 134 valence electrons. The van der Waals surface area contributed by atoms with Gasteiger partial charge in [-0.1, -0.05) is 42.5 Å². The summed E-state index contributed by atoms with van der Waals surface area (Å²) in [6.45, 7) is 0.501. The monoisotopic (exact) mass is 343 g/mol. The van der Waals surface area contributed by atoms with Crippen molar-refractivity contribution < 1.29 is 14.7 Å². The Morgan fingerprint density at radius 1 is 1.08 bits per heavy atom. The lowest BCUT2D eigenvalue weighted by molar-refractivity contribution is -0.142. The number of aliphatic carboxylic acids is 1. The van der Waals surface area contributed by atoms with Crippen LogP contribution in [0.15, 0.2) is 42.5 Å². The quantitative estimate of drug-likeness (QED) is 0.513. The number of rotatable bonds is 9. The van der Waals surface area contributed by atoms with Gasteiger partial charge in [-0.2, -0.15) is 0 Å². The Morgan fingerprint density at radius 3 is 2.52 bits per heavy atom. The fourth-order valence-corrected chi connectivity index (χ4v) is 2.83. The van der Waals surface area contributed by atoms with Gasteiger partial charge < -0.3 is 21.9 Å². The van der Waals surface area contributed by atoms with E-state index in [1.807, 2.05) is 42.5 Å². The second-order valence-electron chi connectivity index (χ2n) is 6.13. The molecule has 0 saturated carbocycles. The van der Waals surface area contributed by atoms with E-state index in [2.05, 4.69) is 5.32 Å². The van der Waals surface area contributed by atoms with E-state index >= 15 is 0 Å². The second kappa shape index (κ2) is 9.15. The Bertz CT molecular complexity index is 727. The summed E-state index contributed by atoms with van der Waals surface area (Å²) in [7, 11) is 0. The average Bonchev–Trinajstić information content (AvgIpc) is 2.61. The number of nitrogens with two attached hydrogens (primary N) is 2. The molecule has 25 heavy (non-hydrogen) atoms. The lowest BCUT2D eigenvalue weighted by Gasteiger charge is -2.18. The van der Waals surface area contributed by atoms with Crippen molar-refractivity contribution in [2.75, 3.05) is 6.54 Å². The molecule has 2 rings (SSSR count). The first kappa shape index (κ1) is 18.9. The molecule has 0 spiro atoms. The van der Waals surface area contributed by atoms with Crippen molar-refractivity contribution >= 4 is 22.6 Å². The summed E-state index contributed by atoms with van der Waals surface area (Å²) in [6, 6.07) is 12.0. The van der Waals surface area contributed by atoms with Gasteiger partial charge in [0.1, 0.15) is 6.04 Å². The van der Waals surface area contributed by atoms with Crippen LogP contribution in [0.4, 0.5) is 0 Å². The molecular weight excluding hydrogens is 318 g/mol. The minimum atomic E-state index is -1.05. The predicted molar refractivity (Wildman–Crippen MR) is 98.1 cm³/mol. The highest BCUT2D eigenvalue weighted by molar-refractivity contribution is 5.89. The molecule has 0 aliphatic rings. The van der Waals surface area contributed by atoms with Crippen molar-refractivity contribution in [3.63, 3.8) is 0 Å². The molecule has 0 fully saturated rings. The third-order valence-electron chi connectivity index (χ3n) is 4.22. The minimum absolute atomic E-state index is 0.346. The van der Waals surface area contributed by atoms with E-state index in [1.165, 1.54) is 0 Å². The molecule has 0 aromatic heterocycles. The van der Waals surface area contributed by atoms with Crippen LogP contribution in [-0.2, 0) is 16.0 Å². The van der Waals surface area contributed by atoms with Gasteiger partial charge >= 0.3 is 5.97 Å². The molecule has 6 nitrogen and oxygen atoms in total. The highest BCUT2D eigenvalue weighted by Gasteiger charge is 2.23. The highest BCUT2D eigenvalue weighted by Crippen LogP contribution is 2.19. The summed E-state index contributed by atoms with van der Waals surface area (Å²) in [5.74, 6) is -1.50. The normalized spacial score (nSPS) is 13.4. The number of hydrogen-bond acceptors (Lipinski definition) is 4. The Kier molecular flexibility index (Phi) is 6.91. The number of amides is 1. The van der Waals surface area contributed by atoms with Crippen LogP contribution in [0.3, 0.4) is 0 Å². The lowest BCUT2D eigenvalue weighted by atomic mass is 9.98. The zero-order valence-electron chi connectivity index (χ0n) is 14.2. The molecule has 6 N–H and O–H groups in total. The molecular formula is C19H25N3O3. The van der Waals surface area contributed by atoms with Gasteiger partial charge in [0.15, 0.2) is 0 Å². The van der Waals surface area contributed by atoms with Crippen molar-refractivity contribution in [2.24, 2.45) is 11.5 Å². The lowest BCUT2D eigenvalue weighted by Crippen LogP contribution is -2.49. The molecule has 6 heteroatoms. The summed E-state index contributed by atoms with van der Waals surface area (Å²) in [4.78, 5) is 23.6. The number of hydrogen-bond donors (Lipinski definition) is 4. The van der Waals surface area contributed by atoms with Gasteiger partial charge in [0.2, 0.25) is 5.91 Å². The Labute approximate surface area is 147 Å². The van der Waals surface area contributed by atoms with E-state index in [1.54, 1.807) is 0 Å². The Balaban J connectivity index is 2.02. The summed E-state index contributed by atoms with van der Waals surface area (Å²) in [5.41, 5.74) is 12.4. The third-order valence-corrected chi connectivity index (χ3v) is 4.22. The molecule has 0 bridgehead atoms. The fraction of sp³-hybridized carbons (Fsp3) is 0.368. The molecule has 2 aromatic carbocycles. The van der Waals surface area contributed by atoms with Crippen molar-refractivity contribution in [1.82, 2.24) is 5.32 Å². The van der Waals surface area contributed by atoms with Crippen LogP contribution in [0.25, 0.3) is 10.8 Å². The molecule has 0 unspecified atom stereocenters. The SMILES string of the molecule is NCCCC[C@H](NC(=O)[C@H](N)Cc1cccc2ccccc12)C(=O)O. The molecule has 0 saturated heterocycles. The van der Waals surface area contributed by atoms with Crippen LogP contribution < -0.4 is 16.8 Å². The standard InChI is InChI=1S/C19H25N3O3/c20-11-4-3-10-17(19(24)25)22-18(23)16(21)12-14-8-5-7-13-6-1-2-9-15(13)14/h1-2,5-9,16-17H,3-4,10-12,20-21H2,(H,22,23)(H,24,25)/t16-,17+/m1/s1. The van der Waals surface area contributed by atoms with Crippen LogP contribution in [-0.4, -0.2) is 35.6 Å². The molecule has 0 radical (unpaired) electrons. The van der Waals surface area contributed by atoms with Gasteiger partial charge in [0.25, 0.3) is 0 Å². The maximum Gasteiger partial charge on any atom is 0.326 e. The first-order chi connectivity index (χ1) is 12.0. The van der Waals surface area contributed by atoms with E-state index in [4.69, 9.17) is 11.5 Å². The van der Waals surface area contributed by atoms with Gasteiger partial charge in [0, 0.05) is 0 Å². The number of unbranched alkanes of at least 4 members (excludes halogenated alkanes) is 1. The number of carboxylic acids is 1. The van der Waals surface area contributed by atoms with Crippen LogP contribution >= 0.6 is 0 Å². The molecule has 0 heterocycles. The number of carboxylic acid groups (broad SMARTS) is 1. The zero-order valence-corrected chi connectivity index (χ0v) is 14.2. The fourth-order valence-electron chi connectivity index (χ4n) is 2.83. The van der Waals surface area contributed by atoms with Crippen LogP contribution in [0.1, 0.15) is 24.8 Å². The van der Waals surface area contributed by atoms with Crippen LogP contribution in [0.5, 0.6) is 0 Å². The minimum Gasteiger partial charge on any atom is -0.480 e. The van der Waals surface area contributed by atoms with Gasteiger partial charge in [-0.05, 0) is 48.6 Å². The molecule has 0 aliphatic heterocycles. The first-order valence-corrected chi connectivity index (χ1v) is 8.48. The van der Waals surface area contributed by atoms with E-state index < -0.39 is 24.0 Å². The maximum absolute atomic E-state index is 12.3. The van der Waals surface area contributed by atoms with Crippen molar-refractivity contribution in [3.05, 3.63) is 48.0 Å². The van der Waals surface area contributed by atoms with Gasteiger partial charge in [0.05, 0.1) is 6.04 Å². The number of carbonyl (C=O) groups excluding carboxylic acids is 1. The maximum atomic E-state index is 12.3. The van der Waals surface area contributed by atoms with E-state index in [9.17, 15) is 14.7 Å². The van der Waals surface area contributed by atoms with Crippen LogP contribution in [0.2, 0.25) is 0 Å². The summed E-state index contributed by atoms with van der Waals surface area (Å²) >= 11 is 0. The second-order valence-corrected chi connectivity index (χ2v) is 6.13. The van der Waals surface area contributed by atoms with E-state index in [0.717, 1.165) is 22.8 Å². The Morgan fingerprint density at radius 2 is 1.80 bits per heavy atom. The number of nitrogens with one attached hydrogen (secondary N) is 1. The number of carbonyl (C=O) groups is 2. The van der Waals surface area contributed by atoms with Crippen molar-refractivity contribution in [2.45, 2.75) is 37.8 Å². The average molecular weight is 343 g/mol. The topological polar surface area (TPSA) is 118 Å². The summed E-state index contributed by atoms with van der Waals surface area (Å²) in [5, 5.41) is 13.9. The first-order valence-electron chi connectivity index (χ1n) is 8.48. The molecule has 2 aromatic rings. The largest absolute Gasteiger partial charge is 0.480 e. The molecule has 1 amide bonds. The summed E-state index contributed by atoms with van der Waals surface area (Å²) < 4.78 is 0. The third kappa shape index (κ3) is 5.27. The summed E-state index contributed by atoms with van der Waals surface area (Å²) in [6.07, 6.45) is 2.07. The van der Waals surface area contributed by atoms with Gasteiger partial charge in [-0.15, -0.1) is 0 Å². The van der Waals surface area contributed by atoms with E-state index in [-0.39, 0.29) is 0 Å². The Hall–Kier alpha value is -2.44. The highest BCUT2D eigenvalue weighted by atomic mass is 16.4. The number of benzene rings is 2. The van der Waals surface area contributed by atoms with Crippen LogP contribution in [0, 0.1) is 0 Å². The zero-order chi connectivity index (χ0) is 18.2. The molecule has 2 atom stereocenters. The predicted octanol–water partition coefficient (Wildman–Crippen LogP) is 1.41. The van der Waals surface area contributed by atoms with Crippen molar-refractivity contribution in [1.29, 1.82) is 0 Å². The van der Waals surface area contributed by atoms with E-state index in [0.29, 0.717) is 25.8 Å². The molecule has 0 aliphatic carbocycles. The number of fused-ring (bicyclic) bond motifs is 1. The van der Waals surface area contributed by atoms with Gasteiger partial charge in [-0.3, -0.25) is 4.79 Å².